The fourth-order valence-electron chi connectivity index (χ4n) is 2.84. The number of aromatic nitrogens is 4. The molecule has 0 spiro atoms. The molecule has 24 heavy (non-hydrogen) atoms. The summed E-state index contributed by atoms with van der Waals surface area (Å²) in [6, 6.07) is 0. The lowest BCUT2D eigenvalue weighted by molar-refractivity contribution is 0.140. The number of aryl methyl sites for hydroxylation is 1. The van der Waals surface area contributed by atoms with Gasteiger partial charge in [0.1, 0.15) is 5.52 Å². The summed E-state index contributed by atoms with van der Waals surface area (Å²) in [4.78, 5) is 42.2. The second-order valence-corrected chi connectivity index (χ2v) is 6.66. The van der Waals surface area contributed by atoms with Gasteiger partial charge >= 0.3 is 5.69 Å². The van der Waals surface area contributed by atoms with Crippen LogP contribution in [-0.2, 0) is 13.6 Å². The first-order valence-corrected chi connectivity index (χ1v) is 7.75. The van der Waals surface area contributed by atoms with Crippen molar-refractivity contribution in [3.05, 3.63) is 37.0 Å². The standard InChI is InChI=1S/C15H18F2N4O3/c1-15(5-6-15)4-3-7-21-9-8(13(23)20(2)14(21)24)18-11(10(16)17)19-12(9)22/h10H,3-7H2,1-2H3,(H,18,19,22). The second kappa shape index (κ2) is 5.64. The van der Waals surface area contributed by atoms with E-state index in [4.69, 9.17) is 0 Å². The number of hydrogen-bond donors (Lipinski definition) is 1. The van der Waals surface area contributed by atoms with Crippen LogP contribution in [-0.4, -0.2) is 19.1 Å². The van der Waals surface area contributed by atoms with E-state index in [0.29, 0.717) is 6.42 Å². The second-order valence-electron chi connectivity index (χ2n) is 6.66. The zero-order chi connectivity index (χ0) is 17.6. The van der Waals surface area contributed by atoms with Gasteiger partial charge in [0.2, 0.25) is 0 Å². The summed E-state index contributed by atoms with van der Waals surface area (Å²) in [5.74, 6) is -0.875. The van der Waals surface area contributed by atoms with Crippen LogP contribution in [0.15, 0.2) is 14.4 Å². The lowest BCUT2D eigenvalue weighted by Gasteiger charge is -2.13. The van der Waals surface area contributed by atoms with Crippen molar-refractivity contribution in [2.24, 2.45) is 12.5 Å². The maximum absolute atomic E-state index is 12.8. The van der Waals surface area contributed by atoms with E-state index in [0.717, 1.165) is 28.4 Å². The van der Waals surface area contributed by atoms with Crippen LogP contribution in [0.5, 0.6) is 0 Å². The van der Waals surface area contributed by atoms with Gasteiger partial charge in [-0.2, -0.15) is 0 Å². The quantitative estimate of drug-likeness (QED) is 0.888. The number of alkyl halides is 2. The molecule has 9 heteroatoms. The molecule has 0 radical (unpaired) electrons. The molecule has 1 aliphatic rings. The number of rotatable bonds is 5. The monoisotopic (exact) mass is 340 g/mol. The Bertz CT molecular complexity index is 970. The molecule has 1 aliphatic carbocycles. The van der Waals surface area contributed by atoms with E-state index in [1.54, 1.807) is 0 Å². The normalized spacial score (nSPS) is 16.0. The van der Waals surface area contributed by atoms with Crippen molar-refractivity contribution in [1.29, 1.82) is 0 Å². The van der Waals surface area contributed by atoms with E-state index in [1.807, 2.05) is 4.98 Å². The van der Waals surface area contributed by atoms with Crippen LogP contribution in [0.2, 0.25) is 0 Å². The highest BCUT2D eigenvalue weighted by molar-refractivity contribution is 5.72. The van der Waals surface area contributed by atoms with E-state index in [1.165, 1.54) is 7.05 Å². The van der Waals surface area contributed by atoms with E-state index in [-0.39, 0.29) is 17.5 Å². The Labute approximate surface area is 135 Å². The molecule has 0 aromatic carbocycles. The number of fused-ring (bicyclic) bond motifs is 1. The van der Waals surface area contributed by atoms with Crippen LogP contribution in [0.3, 0.4) is 0 Å². The van der Waals surface area contributed by atoms with Gasteiger partial charge < -0.3 is 4.98 Å². The summed E-state index contributed by atoms with van der Waals surface area (Å²) in [6.45, 7) is 2.38. The van der Waals surface area contributed by atoms with Gasteiger partial charge in [-0.3, -0.25) is 18.7 Å². The van der Waals surface area contributed by atoms with Gasteiger partial charge in [0.05, 0.1) is 0 Å². The van der Waals surface area contributed by atoms with Gasteiger partial charge in [-0.25, -0.2) is 18.6 Å². The molecule has 1 fully saturated rings. The summed E-state index contributed by atoms with van der Waals surface area (Å²) in [6.07, 6.45) is 0.803. The predicted octanol–water partition coefficient (Wildman–Crippen LogP) is 1.30. The van der Waals surface area contributed by atoms with Gasteiger partial charge in [-0.1, -0.05) is 6.92 Å². The lowest BCUT2D eigenvalue weighted by atomic mass is 10.0. The molecule has 0 amide bonds. The van der Waals surface area contributed by atoms with E-state index < -0.39 is 34.6 Å². The third-order valence-corrected chi connectivity index (χ3v) is 4.68. The summed E-state index contributed by atoms with van der Waals surface area (Å²) < 4.78 is 27.6. The molecule has 130 valence electrons. The van der Waals surface area contributed by atoms with Crippen molar-refractivity contribution in [3.8, 4) is 0 Å². The van der Waals surface area contributed by atoms with Gasteiger partial charge in [0.25, 0.3) is 17.5 Å². The minimum absolute atomic E-state index is 0.234. The van der Waals surface area contributed by atoms with E-state index in [9.17, 15) is 23.2 Å². The Morgan fingerprint density at radius 1 is 1.29 bits per heavy atom. The summed E-state index contributed by atoms with van der Waals surface area (Å²) in [7, 11) is 1.24. The number of halogens is 2. The molecule has 0 bridgehead atoms. The van der Waals surface area contributed by atoms with Gasteiger partial charge in [-0.05, 0) is 31.1 Å². The lowest BCUT2D eigenvalue weighted by Crippen LogP contribution is -2.41. The minimum atomic E-state index is -3.01. The van der Waals surface area contributed by atoms with Gasteiger partial charge in [0.15, 0.2) is 11.3 Å². The number of nitrogens with zero attached hydrogens (tertiary/aromatic N) is 3. The van der Waals surface area contributed by atoms with Crippen LogP contribution in [0.1, 0.15) is 44.9 Å². The third kappa shape index (κ3) is 2.78. The average molecular weight is 340 g/mol. The molecule has 0 saturated heterocycles. The molecule has 3 rings (SSSR count). The molecule has 2 heterocycles. The zero-order valence-corrected chi connectivity index (χ0v) is 13.4. The number of aromatic amines is 1. The van der Waals surface area contributed by atoms with Crippen molar-refractivity contribution in [1.82, 2.24) is 19.1 Å². The summed E-state index contributed by atoms with van der Waals surface area (Å²) in [5, 5.41) is 0. The number of nitrogens with one attached hydrogen (secondary N) is 1. The predicted molar refractivity (Wildman–Crippen MR) is 83.4 cm³/mol. The zero-order valence-electron chi connectivity index (χ0n) is 13.4. The molecule has 0 unspecified atom stereocenters. The maximum atomic E-state index is 12.8. The molecule has 0 aliphatic heterocycles. The minimum Gasteiger partial charge on any atom is -0.304 e. The summed E-state index contributed by atoms with van der Waals surface area (Å²) in [5.41, 5.74) is -2.77. The van der Waals surface area contributed by atoms with Crippen LogP contribution in [0.25, 0.3) is 11.0 Å². The van der Waals surface area contributed by atoms with Crippen molar-refractivity contribution in [2.45, 2.75) is 45.6 Å². The molecule has 0 atom stereocenters. The van der Waals surface area contributed by atoms with E-state index >= 15 is 0 Å². The Morgan fingerprint density at radius 3 is 2.54 bits per heavy atom. The van der Waals surface area contributed by atoms with Crippen LogP contribution >= 0.6 is 0 Å². The molecular weight excluding hydrogens is 322 g/mol. The van der Waals surface area contributed by atoms with Crippen molar-refractivity contribution in [3.63, 3.8) is 0 Å². The average Bonchev–Trinajstić information content (AvgIpc) is 3.26. The first-order chi connectivity index (χ1) is 11.2. The smallest absolute Gasteiger partial charge is 0.304 e. The summed E-state index contributed by atoms with van der Waals surface area (Å²) >= 11 is 0. The van der Waals surface area contributed by atoms with Gasteiger partial charge in [-0.15, -0.1) is 0 Å². The first-order valence-electron chi connectivity index (χ1n) is 7.75. The van der Waals surface area contributed by atoms with Crippen LogP contribution < -0.4 is 16.8 Å². The molecule has 2 aromatic rings. The van der Waals surface area contributed by atoms with Gasteiger partial charge in [0, 0.05) is 13.6 Å². The van der Waals surface area contributed by atoms with E-state index in [2.05, 4.69) is 11.9 Å². The third-order valence-electron chi connectivity index (χ3n) is 4.68. The topological polar surface area (TPSA) is 89.8 Å². The number of hydrogen-bond acceptors (Lipinski definition) is 4. The number of H-pyrrole nitrogens is 1. The fourth-order valence-corrected chi connectivity index (χ4v) is 2.84. The first kappa shape index (κ1) is 16.5. The highest BCUT2D eigenvalue weighted by atomic mass is 19.3. The molecule has 1 saturated carbocycles. The van der Waals surface area contributed by atoms with Crippen LogP contribution in [0, 0.1) is 5.41 Å². The highest BCUT2D eigenvalue weighted by Crippen LogP contribution is 2.48. The Kier molecular flexibility index (Phi) is 3.89. The highest BCUT2D eigenvalue weighted by Gasteiger charge is 2.36. The van der Waals surface area contributed by atoms with Crippen LogP contribution in [0.4, 0.5) is 8.78 Å². The SMILES string of the molecule is Cn1c(=O)c2nc(C(F)F)[nH]c(=O)c2n(CCCC2(C)CC2)c1=O. The molecule has 1 N–H and O–H groups in total. The Morgan fingerprint density at radius 2 is 1.96 bits per heavy atom. The maximum Gasteiger partial charge on any atom is 0.331 e. The largest absolute Gasteiger partial charge is 0.331 e. The fraction of sp³-hybridized carbons (Fsp3) is 0.600. The molecule has 7 nitrogen and oxygen atoms in total. The van der Waals surface area contributed by atoms with Crippen molar-refractivity contribution >= 4 is 11.0 Å². The Balaban J connectivity index is 2.14. The van der Waals surface area contributed by atoms with Crippen molar-refractivity contribution < 1.29 is 8.78 Å². The Hall–Kier alpha value is -2.32. The van der Waals surface area contributed by atoms with Crippen molar-refractivity contribution in [2.75, 3.05) is 0 Å². The molecule has 2 aromatic heterocycles. The molecular formula is C15H18F2N4O3.